The molecule has 0 bridgehead atoms. The van der Waals surface area contributed by atoms with Crippen molar-refractivity contribution in [2.24, 2.45) is 0 Å². The van der Waals surface area contributed by atoms with Crippen molar-refractivity contribution in [2.75, 3.05) is 19.8 Å². The first kappa shape index (κ1) is 27.6. The van der Waals surface area contributed by atoms with Crippen LogP contribution in [0.1, 0.15) is 70.0 Å². The molecule has 0 aliphatic rings. The molecule has 1 unspecified atom stereocenters. The number of hydrogen-bond acceptors (Lipinski definition) is 4. The van der Waals surface area contributed by atoms with Gasteiger partial charge in [-0.15, -0.1) is 0 Å². The molecule has 0 aromatic heterocycles. The van der Waals surface area contributed by atoms with Crippen LogP contribution in [-0.4, -0.2) is 25.3 Å². The van der Waals surface area contributed by atoms with E-state index in [9.17, 15) is 4.79 Å². The fraction of sp³-hybridized carbons (Fsp3) is 0.480. The largest absolute Gasteiger partial charge is 1.00 e. The molecule has 0 fully saturated rings. The third-order valence-electron chi connectivity index (χ3n) is 4.81. The monoisotopic (exact) mass is 438 g/mol. The molecule has 166 valence electrons. The first-order chi connectivity index (χ1) is 14.1. The maximum Gasteiger partial charge on any atom is 1.00 e. The molecule has 2 aromatic rings. The summed E-state index contributed by atoms with van der Waals surface area (Å²) >= 11 is 0. The minimum absolute atomic E-state index is 0. The maximum atomic E-state index is 13.4. The maximum absolute atomic E-state index is 13.4. The van der Waals surface area contributed by atoms with E-state index in [1.54, 1.807) is 0 Å². The number of carbonyl (C=O) groups is 1. The summed E-state index contributed by atoms with van der Waals surface area (Å²) in [5.74, 6) is 1.99. The topological polar surface area (TPSA) is 44.8 Å². The second-order valence-electron chi connectivity index (χ2n) is 8.28. The SMILES string of the molecule is CCOc1cc(OCC)c(PC(=O)c2c(C)cc(C(C)(C)C)cc2C)c(OCC)c1.[H-].[Li+]. The van der Waals surface area contributed by atoms with Crippen LogP contribution < -0.4 is 38.4 Å². The van der Waals surface area contributed by atoms with Gasteiger partial charge in [0.1, 0.15) is 17.2 Å². The van der Waals surface area contributed by atoms with Gasteiger partial charge in [0.25, 0.3) is 0 Å². The molecule has 0 radical (unpaired) electrons. The second kappa shape index (κ2) is 12.0. The first-order valence-electron chi connectivity index (χ1n) is 10.6. The zero-order valence-electron chi connectivity index (χ0n) is 21.6. The van der Waals surface area contributed by atoms with E-state index in [0.29, 0.717) is 37.1 Å². The van der Waals surface area contributed by atoms with Gasteiger partial charge in [-0.1, -0.05) is 32.9 Å². The molecule has 2 aromatic carbocycles. The van der Waals surface area contributed by atoms with Gasteiger partial charge in [-0.2, -0.15) is 0 Å². The zero-order valence-corrected chi connectivity index (χ0v) is 21.6. The summed E-state index contributed by atoms with van der Waals surface area (Å²) in [6.07, 6.45) is 0. The predicted octanol–water partition coefficient (Wildman–Crippen LogP) is 3.06. The fourth-order valence-electron chi connectivity index (χ4n) is 3.41. The van der Waals surface area contributed by atoms with Gasteiger partial charge in [-0.3, -0.25) is 4.79 Å². The van der Waals surface area contributed by atoms with Crippen LogP contribution >= 0.6 is 8.58 Å². The van der Waals surface area contributed by atoms with Crippen LogP contribution in [0.5, 0.6) is 17.2 Å². The van der Waals surface area contributed by atoms with E-state index in [0.717, 1.165) is 22.0 Å². The second-order valence-corrected chi connectivity index (χ2v) is 9.49. The Labute approximate surface area is 202 Å². The average Bonchev–Trinajstić information content (AvgIpc) is 2.63. The van der Waals surface area contributed by atoms with Gasteiger partial charge in [-0.05, 0) is 65.3 Å². The summed E-state index contributed by atoms with van der Waals surface area (Å²) in [4.78, 5) is 13.4. The summed E-state index contributed by atoms with van der Waals surface area (Å²) < 4.78 is 17.4. The van der Waals surface area contributed by atoms with E-state index in [1.165, 1.54) is 5.56 Å². The Bertz CT molecular complexity index is 859. The van der Waals surface area contributed by atoms with Crippen LogP contribution in [0.25, 0.3) is 0 Å². The normalized spacial score (nSPS) is 11.4. The van der Waals surface area contributed by atoms with E-state index in [1.807, 2.05) is 46.8 Å². The van der Waals surface area contributed by atoms with Crippen LogP contribution in [0.2, 0.25) is 0 Å². The Morgan fingerprint density at radius 3 is 1.71 bits per heavy atom. The number of carbonyl (C=O) groups excluding carboxylic acids is 1. The van der Waals surface area contributed by atoms with E-state index in [-0.39, 0.29) is 39.8 Å². The van der Waals surface area contributed by atoms with Crippen molar-refractivity contribution < 1.29 is 39.3 Å². The van der Waals surface area contributed by atoms with Gasteiger partial charge >= 0.3 is 18.9 Å². The molecule has 0 saturated carbocycles. The van der Waals surface area contributed by atoms with E-state index in [2.05, 4.69) is 32.9 Å². The first-order valence-corrected chi connectivity index (χ1v) is 11.6. The number of ether oxygens (including phenoxy) is 3. The summed E-state index contributed by atoms with van der Waals surface area (Å²) in [5.41, 5.74) is 4.19. The molecule has 0 amide bonds. The van der Waals surface area contributed by atoms with Crippen molar-refractivity contribution in [2.45, 2.75) is 60.8 Å². The number of rotatable bonds is 9. The molecular formula is C25H36LiO4P. The van der Waals surface area contributed by atoms with Crippen molar-refractivity contribution in [3.63, 3.8) is 0 Å². The quantitative estimate of drug-likeness (QED) is 0.446. The Kier molecular flexibility index (Phi) is 10.6. The summed E-state index contributed by atoms with van der Waals surface area (Å²) in [6.45, 7) is 18.0. The summed E-state index contributed by atoms with van der Waals surface area (Å²) in [5, 5.41) is 0.797. The Hall–Kier alpha value is -1.46. The number of hydrogen-bond donors (Lipinski definition) is 0. The van der Waals surface area contributed by atoms with Gasteiger partial charge in [0, 0.05) is 17.7 Å². The van der Waals surface area contributed by atoms with Crippen LogP contribution in [0.3, 0.4) is 0 Å². The Morgan fingerprint density at radius 1 is 0.871 bits per heavy atom. The average molecular weight is 438 g/mol. The molecule has 31 heavy (non-hydrogen) atoms. The van der Waals surface area contributed by atoms with E-state index in [4.69, 9.17) is 14.2 Å². The fourth-order valence-corrected chi connectivity index (χ4v) is 4.69. The number of benzene rings is 2. The van der Waals surface area contributed by atoms with Crippen LogP contribution in [0.15, 0.2) is 24.3 Å². The molecule has 0 saturated heterocycles. The van der Waals surface area contributed by atoms with Crippen molar-refractivity contribution >= 4 is 19.4 Å². The zero-order chi connectivity index (χ0) is 22.5. The predicted molar refractivity (Wildman–Crippen MR) is 128 cm³/mol. The van der Waals surface area contributed by atoms with Gasteiger partial charge in [0.15, 0.2) is 5.52 Å². The van der Waals surface area contributed by atoms with E-state index < -0.39 is 0 Å². The van der Waals surface area contributed by atoms with E-state index >= 15 is 0 Å². The van der Waals surface area contributed by atoms with Crippen molar-refractivity contribution in [3.8, 4) is 17.2 Å². The van der Waals surface area contributed by atoms with Crippen LogP contribution in [-0.2, 0) is 5.41 Å². The molecule has 0 heterocycles. The van der Waals surface area contributed by atoms with Crippen LogP contribution in [0.4, 0.5) is 0 Å². The molecule has 0 aliphatic heterocycles. The van der Waals surface area contributed by atoms with Gasteiger partial charge in [0.05, 0.1) is 25.1 Å². The minimum Gasteiger partial charge on any atom is -1.00 e. The molecule has 2 rings (SSSR count). The van der Waals surface area contributed by atoms with Gasteiger partial charge < -0.3 is 15.6 Å². The third-order valence-corrected chi connectivity index (χ3v) is 6.03. The molecule has 0 N–H and O–H groups in total. The smallest absolute Gasteiger partial charge is 1.00 e. The summed E-state index contributed by atoms with van der Waals surface area (Å²) in [7, 11) is -0.0968. The Balaban J connectivity index is 0.00000480. The van der Waals surface area contributed by atoms with Crippen LogP contribution in [0, 0.1) is 13.8 Å². The van der Waals surface area contributed by atoms with Crippen molar-refractivity contribution in [1.29, 1.82) is 0 Å². The number of aryl methyl sites for hydroxylation is 2. The minimum atomic E-state index is -0.0968. The summed E-state index contributed by atoms with van der Waals surface area (Å²) in [6, 6.07) is 7.98. The standard InChI is InChI=1S/C25H35O4P.Li.H/c1-9-27-19-14-20(28-10-2)23(21(15-19)29-11-3)30-24(26)22-16(4)12-18(13-17(22)5)25(6,7)8;;/h12-15,30H,9-11H2,1-8H3;;/q;+1;-1. The third kappa shape index (κ3) is 7.01. The van der Waals surface area contributed by atoms with Gasteiger partial charge in [-0.25, -0.2) is 0 Å². The molecular weight excluding hydrogens is 402 g/mol. The molecule has 4 nitrogen and oxygen atoms in total. The van der Waals surface area contributed by atoms with Crippen molar-refractivity contribution in [1.82, 2.24) is 0 Å². The Morgan fingerprint density at radius 2 is 1.32 bits per heavy atom. The van der Waals surface area contributed by atoms with Crippen molar-refractivity contribution in [3.05, 3.63) is 46.5 Å². The molecule has 0 spiro atoms. The molecule has 1 atom stereocenters. The molecule has 6 heteroatoms. The van der Waals surface area contributed by atoms with Gasteiger partial charge in [0.2, 0.25) is 0 Å². The molecule has 0 aliphatic carbocycles.